The highest BCUT2D eigenvalue weighted by Crippen LogP contribution is 2.46. The van der Waals surface area contributed by atoms with Crippen LogP contribution in [0.25, 0.3) is 11.5 Å². The van der Waals surface area contributed by atoms with Gasteiger partial charge in [0, 0.05) is 31.1 Å². The first kappa shape index (κ1) is 16.1. The molecule has 2 heterocycles. The zero-order chi connectivity index (χ0) is 15.6. The Hall–Kier alpha value is -1.28. The number of aryl methyl sites for hydroxylation is 1. The molecular weight excluding hydrogens is 283 g/mol. The van der Waals surface area contributed by atoms with Gasteiger partial charge in [-0.3, -0.25) is 4.68 Å². The lowest BCUT2D eigenvalue weighted by Crippen LogP contribution is -2.10. The smallest absolute Gasteiger partial charge is 0.165 e. The Morgan fingerprint density at radius 2 is 2.00 bits per heavy atom. The van der Waals surface area contributed by atoms with Crippen LogP contribution >= 0.6 is 7.14 Å². The number of nitrogens with zero attached hydrogens (tertiary/aromatic N) is 2. The van der Waals surface area contributed by atoms with Gasteiger partial charge in [-0.15, -0.1) is 0 Å². The van der Waals surface area contributed by atoms with Crippen molar-refractivity contribution < 1.29 is 8.98 Å². The molecule has 0 aliphatic heterocycles. The minimum Gasteiger partial charge on any atom is -0.462 e. The van der Waals surface area contributed by atoms with Gasteiger partial charge in [-0.25, -0.2) is 0 Å². The van der Waals surface area contributed by atoms with E-state index in [4.69, 9.17) is 4.42 Å². The van der Waals surface area contributed by atoms with Crippen molar-refractivity contribution in [3.63, 3.8) is 0 Å². The number of hydrogen-bond acceptors (Lipinski definition) is 3. The summed E-state index contributed by atoms with van der Waals surface area (Å²) in [6, 6.07) is 1.86. The molecule has 4 nitrogen and oxygen atoms in total. The molecule has 0 radical (unpaired) electrons. The fourth-order valence-corrected chi connectivity index (χ4v) is 4.67. The summed E-state index contributed by atoms with van der Waals surface area (Å²) in [5.41, 5.74) is 2.00. The third kappa shape index (κ3) is 3.16. The molecular formula is C16H25N2O2P. The quantitative estimate of drug-likeness (QED) is 0.760. The first-order chi connectivity index (χ1) is 9.91. The standard InChI is InChI=1S/C16H25N2O2P/c1-6-21(19,7-2)14-8-9-20-16(14)15-13(10-12(3)4)11-18(5)17-15/h8-9,11-12H,6-7,10H2,1-5H3. The van der Waals surface area contributed by atoms with Crippen LogP contribution in [0.5, 0.6) is 0 Å². The molecule has 0 fully saturated rings. The Balaban J connectivity index is 2.54. The number of aromatic nitrogens is 2. The number of furan rings is 1. The molecule has 0 saturated heterocycles. The zero-order valence-electron chi connectivity index (χ0n) is 13.6. The molecule has 21 heavy (non-hydrogen) atoms. The van der Waals surface area contributed by atoms with E-state index in [-0.39, 0.29) is 0 Å². The second kappa shape index (κ2) is 6.23. The summed E-state index contributed by atoms with van der Waals surface area (Å²) in [5.74, 6) is 1.23. The molecule has 0 saturated carbocycles. The molecule has 2 aromatic heterocycles. The Morgan fingerprint density at radius 1 is 1.33 bits per heavy atom. The highest BCUT2D eigenvalue weighted by molar-refractivity contribution is 7.71. The van der Waals surface area contributed by atoms with E-state index < -0.39 is 7.14 Å². The summed E-state index contributed by atoms with van der Waals surface area (Å²) >= 11 is 0. The van der Waals surface area contributed by atoms with Gasteiger partial charge < -0.3 is 8.98 Å². The van der Waals surface area contributed by atoms with Gasteiger partial charge in [0.15, 0.2) is 5.76 Å². The summed E-state index contributed by atoms with van der Waals surface area (Å²) in [6.45, 7) is 8.33. The fourth-order valence-electron chi connectivity index (χ4n) is 2.68. The fraction of sp³-hybridized carbons (Fsp3) is 0.562. The molecule has 0 atom stereocenters. The van der Waals surface area contributed by atoms with Crippen molar-refractivity contribution in [3.8, 4) is 11.5 Å². The topological polar surface area (TPSA) is 48.0 Å². The maximum absolute atomic E-state index is 13.1. The van der Waals surface area contributed by atoms with Gasteiger partial charge in [0.05, 0.1) is 11.6 Å². The van der Waals surface area contributed by atoms with Crippen LogP contribution in [0.4, 0.5) is 0 Å². The van der Waals surface area contributed by atoms with E-state index in [1.54, 1.807) is 6.26 Å². The Kier molecular flexibility index (Phi) is 4.77. The minimum atomic E-state index is -2.38. The lowest BCUT2D eigenvalue weighted by molar-refractivity contribution is 0.573. The first-order valence-corrected chi connectivity index (χ1v) is 9.68. The van der Waals surface area contributed by atoms with Crippen LogP contribution in [0, 0.1) is 5.92 Å². The predicted molar refractivity (Wildman–Crippen MR) is 87.8 cm³/mol. The van der Waals surface area contributed by atoms with Crippen LogP contribution in [0.15, 0.2) is 22.9 Å². The lowest BCUT2D eigenvalue weighted by Gasteiger charge is -2.14. The summed E-state index contributed by atoms with van der Waals surface area (Å²) in [6.07, 6.45) is 5.91. The third-order valence-corrected chi connectivity index (χ3v) is 7.13. The van der Waals surface area contributed by atoms with Crippen molar-refractivity contribution in [2.75, 3.05) is 12.3 Å². The first-order valence-electron chi connectivity index (χ1n) is 7.60. The van der Waals surface area contributed by atoms with Crippen molar-refractivity contribution in [3.05, 3.63) is 24.1 Å². The monoisotopic (exact) mass is 308 g/mol. The average molecular weight is 308 g/mol. The largest absolute Gasteiger partial charge is 0.462 e. The molecule has 0 aliphatic carbocycles. The van der Waals surface area contributed by atoms with Crippen molar-refractivity contribution in [1.29, 1.82) is 0 Å². The number of hydrogen-bond donors (Lipinski definition) is 0. The molecule has 0 unspecified atom stereocenters. The van der Waals surface area contributed by atoms with E-state index in [2.05, 4.69) is 18.9 Å². The summed E-state index contributed by atoms with van der Waals surface area (Å²) in [7, 11) is -0.465. The van der Waals surface area contributed by atoms with E-state index in [1.165, 1.54) is 0 Å². The van der Waals surface area contributed by atoms with E-state index in [0.29, 0.717) is 24.0 Å². The zero-order valence-corrected chi connectivity index (χ0v) is 14.5. The molecule has 116 valence electrons. The molecule has 2 aromatic rings. The molecule has 0 N–H and O–H groups in total. The normalized spacial score (nSPS) is 12.3. The van der Waals surface area contributed by atoms with Crippen molar-refractivity contribution in [2.45, 2.75) is 34.1 Å². The van der Waals surface area contributed by atoms with Crippen LogP contribution in [0.1, 0.15) is 33.3 Å². The Bertz CT molecular complexity index is 647. The van der Waals surface area contributed by atoms with E-state index in [1.807, 2.05) is 37.8 Å². The molecule has 5 heteroatoms. The van der Waals surface area contributed by atoms with Crippen molar-refractivity contribution >= 4 is 12.4 Å². The van der Waals surface area contributed by atoms with Gasteiger partial charge in [-0.1, -0.05) is 27.7 Å². The van der Waals surface area contributed by atoms with Crippen molar-refractivity contribution in [1.82, 2.24) is 9.78 Å². The molecule has 0 bridgehead atoms. The summed E-state index contributed by atoms with van der Waals surface area (Å²) in [4.78, 5) is 0. The van der Waals surface area contributed by atoms with Crippen LogP contribution < -0.4 is 5.30 Å². The Morgan fingerprint density at radius 3 is 2.57 bits per heavy atom. The molecule has 2 rings (SSSR count). The van der Waals surface area contributed by atoms with Gasteiger partial charge in [0.2, 0.25) is 0 Å². The van der Waals surface area contributed by atoms with Crippen LogP contribution in [0.2, 0.25) is 0 Å². The van der Waals surface area contributed by atoms with Crippen molar-refractivity contribution in [2.24, 2.45) is 13.0 Å². The van der Waals surface area contributed by atoms with Gasteiger partial charge >= 0.3 is 0 Å². The predicted octanol–water partition coefficient (Wildman–Crippen LogP) is 3.91. The third-order valence-electron chi connectivity index (χ3n) is 3.85. The van der Waals surface area contributed by atoms with Gasteiger partial charge in [-0.05, 0) is 18.4 Å². The lowest BCUT2D eigenvalue weighted by atomic mass is 10.0. The second-order valence-electron chi connectivity index (χ2n) is 5.93. The van der Waals surface area contributed by atoms with Crippen LogP contribution in [-0.2, 0) is 18.0 Å². The highest BCUT2D eigenvalue weighted by Gasteiger charge is 2.28. The Labute approximate surface area is 126 Å². The van der Waals surface area contributed by atoms with E-state index in [0.717, 1.165) is 23.0 Å². The minimum absolute atomic E-state index is 0.538. The molecule has 0 aliphatic rings. The average Bonchev–Trinajstić information content (AvgIpc) is 3.04. The summed E-state index contributed by atoms with van der Waals surface area (Å²) in [5, 5.41) is 5.39. The van der Waals surface area contributed by atoms with Gasteiger partial charge in [0.25, 0.3) is 0 Å². The summed E-state index contributed by atoms with van der Waals surface area (Å²) < 4.78 is 20.5. The maximum Gasteiger partial charge on any atom is 0.165 e. The van der Waals surface area contributed by atoms with E-state index in [9.17, 15) is 4.57 Å². The molecule has 0 amide bonds. The van der Waals surface area contributed by atoms with Gasteiger partial charge in [-0.2, -0.15) is 5.10 Å². The SMILES string of the molecule is CCP(=O)(CC)c1ccoc1-c1nn(C)cc1CC(C)C. The molecule has 0 spiro atoms. The molecule has 0 aromatic carbocycles. The highest BCUT2D eigenvalue weighted by atomic mass is 31.2. The maximum atomic E-state index is 13.1. The van der Waals surface area contributed by atoms with Crippen LogP contribution in [-0.4, -0.2) is 22.1 Å². The van der Waals surface area contributed by atoms with Crippen LogP contribution in [0.3, 0.4) is 0 Å². The second-order valence-corrected chi connectivity index (χ2v) is 9.46. The number of rotatable bonds is 6. The van der Waals surface area contributed by atoms with Gasteiger partial charge in [0.1, 0.15) is 12.8 Å². The van der Waals surface area contributed by atoms with E-state index >= 15 is 0 Å².